The summed E-state index contributed by atoms with van der Waals surface area (Å²) in [4.78, 5) is 12.3. The molecule has 0 fully saturated rings. The first-order valence-corrected chi connectivity index (χ1v) is 6.83. The number of rotatable bonds is 3. The Morgan fingerprint density at radius 3 is 2.76 bits per heavy atom. The van der Waals surface area contributed by atoms with Crippen molar-refractivity contribution in [2.75, 3.05) is 11.9 Å². The molecule has 0 atom stereocenters. The number of carbonyl (C=O) groups is 1. The number of aliphatic hydroxyl groups excluding tert-OH is 1. The number of anilines is 1. The fraction of sp³-hybridized carbons (Fsp3) is 0.167. The van der Waals surface area contributed by atoms with Crippen molar-refractivity contribution in [2.24, 2.45) is 0 Å². The summed E-state index contributed by atoms with van der Waals surface area (Å²) in [6.45, 7) is 1.84. The maximum Gasteiger partial charge on any atom is 0.255 e. The van der Waals surface area contributed by atoms with E-state index in [1.807, 2.05) is 49.4 Å². The van der Waals surface area contributed by atoms with Gasteiger partial charge in [0.1, 0.15) is 6.61 Å². The second-order valence-electron chi connectivity index (χ2n) is 4.51. The molecule has 1 amide bonds. The first-order valence-electron chi connectivity index (χ1n) is 6.83. The number of nitrogens with one attached hydrogen (secondary N) is 1. The second kappa shape index (κ2) is 7.28. The molecule has 0 saturated carbocycles. The van der Waals surface area contributed by atoms with Crippen LogP contribution in [0.4, 0.5) is 5.69 Å². The zero-order valence-electron chi connectivity index (χ0n) is 11.9. The third kappa shape index (κ3) is 3.95. The highest BCUT2D eigenvalue weighted by Crippen LogP contribution is 2.14. The quantitative estimate of drug-likeness (QED) is 0.849. The van der Waals surface area contributed by atoms with Gasteiger partial charge in [0.05, 0.1) is 0 Å². The molecule has 0 unspecified atom stereocenters. The molecule has 3 nitrogen and oxygen atoms in total. The van der Waals surface area contributed by atoms with Gasteiger partial charge in [-0.25, -0.2) is 0 Å². The SMILES string of the molecule is CCc1ccccc1C(=O)Nc1cccc(C#CCO)c1. The van der Waals surface area contributed by atoms with Gasteiger partial charge in [0.25, 0.3) is 5.91 Å². The summed E-state index contributed by atoms with van der Waals surface area (Å²) in [6, 6.07) is 14.8. The monoisotopic (exact) mass is 279 g/mol. The highest BCUT2D eigenvalue weighted by molar-refractivity contribution is 6.05. The van der Waals surface area contributed by atoms with Crippen molar-refractivity contribution in [3.8, 4) is 11.8 Å². The van der Waals surface area contributed by atoms with E-state index in [4.69, 9.17) is 5.11 Å². The zero-order valence-corrected chi connectivity index (χ0v) is 11.9. The molecule has 0 saturated heterocycles. The summed E-state index contributed by atoms with van der Waals surface area (Å²) in [7, 11) is 0. The van der Waals surface area contributed by atoms with Gasteiger partial charge in [-0.1, -0.05) is 43.0 Å². The van der Waals surface area contributed by atoms with Crippen LogP contribution in [0.5, 0.6) is 0 Å². The van der Waals surface area contributed by atoms with Crippen molar-refractivity contribution in [3.63, 3.8) is 0 Å². The van der Waals surface area contributed by atoms with Crippen molar-refractivity contribution in [3.05, 3.63) is 65.2 Å². The molecule has 0 radical (unpaired) electrons. The van der Waals surface area contributed by atoms with Crippen molar-refractivity contribution in [2.45, 2.75) is 13.3 Å². The summed E-state index contributed by atoms with van der Waals surface area (Å²) in [5.74, 6) is 5.28. The number of amides is 1. The number of hydrogen-bond acceptors (Lipinski definition) is 2. The molecule has 0 aliphatic rings. The molecular weight excluding hydrogens is 262 g/mol. The van der Waals surface area contributed by atoms with Gasteiger partial charge >= 0.3 is 0 Å². The van der Waals surface area contributed by atoms with E-state index in [2.05, 4.69) is 17.2 Å². The van der Waals surface area contributed by atoms with E-state index in [9.17, 15) is 4.79 Å². The predicted octanol–water partition coefficient (Wildman–Crippen LogP) is 2.85. The lowest BCUT2D eigenvalue weighted by Gasteiger charge is -2.09. The molecule has 0 aromatic heterocycles. The van der Waals surface area contributed by atoms with E-state index in [1.165, 1.54) is 0 Å². The number of carbonyl (C=O) groups excluding carboxylic acids is 1. The molecule has 2 aromatic rings. The molecule has 106 valence electrons. The maximum atomic E-state index is 12.3. The molecule has 2 aromatic carbocycles. The summed E-state index contributed by atoms with van der Waals surface area (Å²) < 4.78 is 0. The molecule has 0 spiro atoms. The molecule has 2 rings (SSSR count). The summed E-state index contributed by atoms with van der Waals surface area (Å²) in [5, 5.41) is 11.6. The van der Waals surface area contributed by atoms with Gasteiger partial charge in [-0.3, -0.25) is 4.79 Å². The highest BCUT2D eigenvalue weighted by Gasteiger charge is 2.09. The van der Waals surface area contributed by atoms with Crippen molar-refractivity contribution >= 4 is 11.6 Å². The van der Waals surface area contributed by atoms with Gasteiger partial charge < -0.3 is 10.4 Å². The molecule has 2 N–H and O–H groups in total. The molecular formula is C18H17NO2. The van der Waals surface area contributed by atoms with Crippen LogP contribution in [-0.2, 0) is 6.42 Å². The summed E-state index contributed by atoms with van der Waals surface area (Å²) in [5.41, 5.74) is 3.15. The van der Waals surface area contributed by atoms with Crippen LogP contribution in [0.1, 0.15) is 28.4 Å². The van der Waals surface area contributed by atoms with Crippen molar-refractivity contribution in [1.29, 1.82) is 0 Å². The first-order chi connectivity index (χ1) is 10.2. The van der Waals surface area contributed by atoms with Gasteiger partial charge in [-0.15, -0.1) is 0 Å². The van der Waals surface area contributed by atoms with Crippen LogP contribution >= 0.6 is 0 Å². The normalized spacial score (nSPS) is 9.62. The average molecular weight is 279 g/mol. The van der Waals surface area contributed by atoms with E-state index in [0.717, 1.165) is 17.5 Å². The largest absolute Gasteiger partial charge is 0.384 e. The Hall–Kier alpha value is -2.57. The Morgan fingerprint density at radius 1 is 1.19 bits per heavy atom. The lowest BCUT2D eigenvalue weighted by atomic mass is 10.0. The molecule has 0 aliphatic heterocycles. The number of aliphatic hydroxyl groups is 1. The average Bonchev–Trinajstić information content (AvgIpc) is 2.53. The lowest BCUT2D eigenvalue weighted by Crippen LogP contribution is -2.14. The fourth-order valence-corrected chi connectivity index (χ4v) is 2.06. The fourth-order valence-electron chi connectivity index (χ4n) is 2.06. The standard InChI is InChI=1S/C18H17NO2/c1-2-15-9-3-4-11-17(15)18(21)19-16-10-5-7-14(13-16)8-6-12-20/h3-5,7,9-11,13,20H,2,12H2,1H3,(H,19,21). The van der Waals surface area contributed by atoms with Gasteiger partial charge in [0.15, 0.2) is 0 Å². The van der Waals surface area contributed by atoms with Crippen LogP contribution in [0.3, 0.4) is 0 Å². The summed E-state index contributed by atoms with van der Waals surface area (Å²) in [6.07, 6.45) is 0.811. The topological polar surface area (TPSA) is 49.3 Å². The minimum Gasteiger partial charge on any atom is -0.384 e. The minimum absolute atomic E-state index is 0.125. The van der Waals surface area contributed by atoms with Gasteiger partial charge in [0.2, 0.25) is 0 Å². The third-order valence-electron chi connectivity index (χ3n) is 3.08. The zero-order chi connectivity index (χ0) is 15.1. The highest BCUT2D eigenvalue weighted by atomic mass is 16.2. The van der Waals surface area contributed by atoms with E-state index >= 15 is 0 Å². The van der Waals surface area contributed by atoms with Crippen molar-refractivity contribution in [1.82, 2.24) is 0 Å². The molecule has 0 bridgehead atoms. The van der Waals surface area contributed by atoms with E-state index < -0.39 is 0 Å². The first kappa shape index (κ1) is 14.8. The molecule has 21 heavy (non-hydrogen) atoms. The Labute approximate surface area is 124 Å². The van der Waals surface area contributed by atoms with Crippen LogP contribution in [0.25, 0.3) is 0 Å². The predicted molar refractivity (Wildman–Crippen MR) is 84.2 cm³/mol. The number of benzene rings is 2. The number of aryl methyl sites for hydroxylation is 1. The van der Waals surface area contributed by atoms with E-state index in [-0.39, 0.29) is 12.5 Å². The lowest BCUT2D eigenvalue weighted by molar-refractivity contribution is 0.102. The Bertz CT molecular complexity index is 696. The molecule has 0 aliphatic carbocycles. The van der Waals surface area contributed by atoms with Gasteiger partial charge in [-0.05, 0) is 36.2 Å². The van der Waals surface area contributed by atoms with E-state index in [1.54, 1.807) is 6.07 Å². The van der Waals surface area contributed by atoms with Crippen LogP contribution in [0.2, 0.25) is 0 Å². The Kier molecular flexibility index (Phi) is 5.14. The Morgan fingerprint density at radius 2 is 2.00 bits per heavy atom. The second-order valence-corrected chi connectivity index (χ2v) is 4.51. The van der Waals surface area contributed by atoms with E-state index in [0.29, 0.717) is 11.3 Å². The van der Waals surface area contributed by atoms with Crippen LogP contribution < -0.4 is 5.32 Å². The maximum absolute atomic E-state index is 12.3. The van der Waals surface area contributed by atoms with Crippen molar-refractivity contribution < 1.29 is 9.90 Å². The minimum atomic E-state index is -0.180. The van der Waals surface area contributed by atoms with Crippen LogP contribution in [0.15, 0.2) is 48.5 Å². The molecule has 3 heteroatoms. The van der Waals surface area contributed by atoms with Gasteiger partial charge in [0, 0.05) is 16.8 Å². The third-order valence-corrected chi connectivity index (χ3v) is 3.08. The van der Waals surface area contributed by atoms with Crippen LogP contribution in [-0.4, -0.2) is 17.6 Å². The number of hydrogen-bond donors (Lipinski definition) is 2. The molecule has 0 heterocycles. The Balaban J connectivity index is 2.20. The van der Waals surface area contributed by atoms with Gasteiger partial charge in [-0.2, -0.15) is 0 Å². The van der Waals surface area contributed by atoms with Crippen LogP contribution in [0, 0.1) is 11.8 Å². The summed E-state index contributed by atoms with van der Waals surface area (Å²) >= 11 is 0. The smallest absolute Gasteiger partial charge is 0.255 e.